The summed E-state index contributed by atoms with van der Waals surface area (Å²) in [6.45, 7) is 12.1. The smallest absolute Gasteiger partial charge is 0.149 e. The highest BCUT2D eigenvalue weighted by Crippen LogP contribution is 2.02. The third kappa shape index (κ3) is 10.8. The van der Waals surface area contributed by atoms with Gasteiger partial charge in [-0.3, -0.25) is 4.99 Å². The third-order valence-corrected chi connectivity index (χ3v) is 2.57. The first-order valence-corrected chi connectivity index (χ1v) is 6.53. The van der Waals surface area contributed by atoms with E-state index in [4.69, 9.17) is 17.2 Å². The average molecular weight is 269 g/mol. The van der Waals surface area contributed by atoms with E-state index in [1.54, 1.807) is 23.9 Å². The Labute approximate surface area is 114 Å². The Balaban J connectivity index is 0. The lowest BCUT2D eigenvalue weighted by atomic mass is 10.4. The molecule has 0 aromatic heterocycles. The first-order chi connectivity index (χ1) is 8.54. The second kappa shape index (κ2) is 13.4. The van der Waals surface area contributed by atoms with Gasteiger partial charge in [0.15, 0.2) is 0 Å². The van der Waals surface area contributed by atoms with Crippen molar-refractivity contribution in [2.75, 3.05) is 11.6 Å². The number of hydrogen-bond donors (Lipinski definition) is 3. The topological polar surface area (TPSA) is 103 Å². The largest absolute Gasteiger partial charge is 0.393 e. The average Bonchev–Trinajstić information content (AvgIpc) is 2.41. The minimum Gasteiger partial charge on any atom is -0.393 e. The molecule has 0 unspecified atom stereocenters. The Morgan fingerprint density at radius 3 is 2.17 bits per heavy atom. The third-order valence-electron chi connectivity index (χ3n) is 1.56. The van der Waals surface area contributed by atoms with Crippen LogP contribution in [0.5, 0.6) is 0 Å². The van der Waals surface area contributed by atoms with Gasteiger partial charge in [-0.25, -0.2) is 4.99 Å². The maximum atomic E-state index is 5.56. The van der Waals surface area contributed by atoms with E-state index in [-0.39, 0.29) is 17.4 Å². The molecule has 0 fully saturated rings. The summed E-state index contributed by atoms with van der Waals surface area (Å²) in [5, 5.41) is 0. The summed E-state index contributed by atoms with van der Waals surface area (Å²) in [5.74, 6) is 1.98. The molecule has 6 N–H and O–H groups in total. The molecule has 0 radical (unpaired) electrons. The second-order valence-electron chi connectivity index (χ2n) is 3.01. The van der Waals surface area contributed by atoms with Crippen LogP contribution >= 0.6 is 11.8 Å². The molecule has 0 aliphatic heterocycles. The molecule has 0 saturated heterocycles. The fourth-order valence-electron chi connectivity index (χ4n) is 0.626. The fraction of sp³-hybridized carbons (Fsp3) is 0.333. The van der Waals surface area contributed by atoms with Crippen molar-refractivity contribution in [2.24, 2.45) is 27.2 Å². The van der Waals surface area contributed by atoms with Crippen molar-refractivity contribution in [3.05, 3.63) is 36.8 Å². The molecule has 18 heavy (non-hydrogen) atoms. The predicted molar refractivity (Wildman–Crippen MR) is 84.6 cm³/mol. The van der Waals surface area contributed by atoms with Gasteiger partial charge in [-0.2, -0.15) is 0 Å². The first-order valence-electron chi connectivity index (χ1n) is 5.38. The molecular weight excluding hydrogens is 246 g/mol. The zero-order valence-corrected chi connectivity index (χ0v) is 11.7. The molecule has 0 rings (SSSR count). The van der Waals surface area contributed by atoms with Crippen molar-refractivity contribution in [2.45, 2.75) is 13.3 Å². The van der Waals surface area contributed by atoms with Crippen LogP contribution in [0, 0.1) is 0 Å². The standard InChI is InChI=1S/C8H17N5S.C4H6/c1-3-4-14-5-13-8(11)6(9)7(10)12-2;1-3-4-2/h2-5,9-10H2,1H3,(H2,11,13);3-4H,1-2H2/b7-6+;. The monoisotopic (exact) mass is 269 g/mol. The maximum absolute atomic E-state index is 5.56. The van der Waals surface area contributed by atoms with Gasteiger partial charge in [-0.15, -0.1) is 11.8 Å². The minimum absolute atomic E-state index is 0.117. The van der Waals surface area contributed by atoms with Gasteiger partial charge < -0.3 is 17.2 Å². The van der Waals surface area contributed by atoms with Crippen molar-refractivity contribution < 1.29 is 0 Å². The number of thioether (sulfide) groups is 1. The highest BCUT2D eigenvalue weighted by atomic mass is 32.2. The molecular formula is C12H23N5S. The molecule has 0 aliphatic rings. The van der Waals surface area contributed by atoms with Crippen LogP contribution in [-0.4, -0.2) is 24.2 Å². The summed E-state index contributed by atoms with van der Waals surface area (Å²) in [4.78, 5) is 7.51. The van der Waals surface area contributed by atoms with E-state index in [0.29, 0.717) is 5.88 Å². The molecule has 0 aromatic rings. The number of allylic oxidation sites excluding steroid dienone is 2. The van der Waals surface area contributed by atoms with Crippen LogP contribution in [0.15, 0.2) is 46.8 Å². The Morgan fingerprint density at radius 2 is 1.78 bits per heavy atom. The Hall–Kier alpha value is -1.69. The van der Waals surface area contributed by atoms with Crippen molar-refractivity contribution in [3.8, 4) is 0 Å². The molecule has 0 aromatic carbocycles. The zero-order chi connectivity index (χ0) is 14.4. The summed E-state index contributed by atoms with van der Waals surface area (Å²) in [5.41, 5.74) is 16.7. The van der Waals surface area contributed by atoms with E-state index in [2.05, 4.69) is 36.8 Å². The van der Waals surface area contributed by atoms with Crippen LogP contribution in [-0.2, 0) is 0 Å². The van der Waals surface area contributed by atoms with Crippen LogP contribution < -0.4 is 17.2 Å². The van der Waals surface area contributed by atoms with Crippen molar-refractivity contribution in [3.63, 3.8) is 0 Å². The van der Waals surface area contributed by atoms with Gasteiger partial charge in [0, 0.05) is 0 Å². The minimum atomic E-state index is 0.117. The highest BCUT2D eigenvalue weighted by Gasteiger charge is 2.01. The van der Waals surface area contributed by atoms with E-state index in [0.717, 1.165) is 12.2 Å². The highest BCUT2D eigenvalue weighted by molar-refractivity contribution is 7.99. The number of hydrogen-bond acceptors (Lipinski definition) is 5. The molecule has 0 heterocycles. The number of rotatable bonds is 7. The van der Waals surface area contributed by atoms with Gasteiger partial charge in [0.2, 0.25) is 0 Å². The number of nitrogens with two attached hydrogens (primary N) is 3. The lowest BCUT2D eigenvalue weighted by molar-refractivity contribution is 1.10. The molecule has 6 heteroatoms. The van der Waals surface area contributed by atoms with E-state index in [9.17, 15) is 0 Å². The lowest BCUT2D eigenvalue weighted by Gasteiger charge is -2.02. The fourth-order valence-corrected chi connectivity index (χ4v) is 1.27. The lowest BCUT2D eigenvalue weighted by Crippen LogP contribution is -2.25. The van der Waals surface area contributed by atoms with Crippen LogP contribution in [0.25, 0.3) is 0 Å². The first kappa shape index (κ1) is 18.7. The van der Waals surface area contributed by atoms with E-state index in [1.165, 1.54) is 0 Å². The summed E-state index contributed by atoms with van der Waals surface area (Å²) < 4.78 is 0. The van der Waals surface area contributed by atoms with Gasteiger partial charge in [0.25, 0.3) is 0 Å². The molecule has 0 atom stereocenters. The van der Waals surface area contributed by atoms with Crippen LogP contribution in [0.3, 0.4) is 0 Å². The van der Waals surface area contributed by atoms with Crippen LogP contribution in [0.1, 0.15) is 13.3 Å². The van der Waals surface area contributed by atoms with E-state index in [1.807, 2.05) is 0 Å². The van der Waals surface area contributed by atoms with Crippen molar-refractivity contribution in [1.82, 2.24) is 0 Å². The summed E-state index contributed by atoms with van der Waals surface area (Å²) in [6.07, 6.45) is 4.39. The van der Waals surface area contributed by atoms with E-state index < -0.39 is 0 Å². The van der Waals surface area contributed by atoms with Gasteiger partial charge >= 0.3 is 0 Å². The normalized spacial score (nSPS) is 11.7. The SMILES string of the molecule is C=CC=C.C=N/C(N)=C(N)\C(N)=N/CSCCC. The number of aliphatic imine (C=N–C) groups is 2. The summed E-state index contributed by atoms with van der Waals surface area (Å²) >= 11 is 1.69. The van der Waals surface area contributed by atoms with Crippen molar-refractivity contribution in [1.29, 1.82) is 0 Å². The van der Waals surface area contributed by atoms with Gasteiger partial charge in [0.1, 0.15) is 17.4 Å². The predicted octanol–water partition coefficient (Wildman–Crippen LogP) is 1.59. The molecule has 0 bridgehead atoms. The molecule has 0 amide bonds. The summed E-state index contributed by atoms with van der Waals surface area (Å²) in [7, 11) is 0. The van der Waals surface area contributed by atoms with Gasteiger partial charge in [-0.1, -0.05) is 32.2 Å². The zero-order valence-electron chi connectivity index (χ0n) is 10.9. The Morgan fingerprint density at radius 1 is 1.22 bits per heavy atom. The quantitative estimate of drug-likeness (QED) is 0.282. The van der Waals surface area contributed by atoms with Gasteiger partial charge in [-0.05, 0) is 18.9 Å². The molecule has 0 saturated carbocycles. The number of amidine groups is 1. The molecule has 5 nitrogen and oxygen atoms in total. The van der Waals surface area contributed by atoms with Crippen molar-refractivity contribution >= 4 is 24.3 Å². The van der Waals surface area contributed by atoms with Gasteiger partial charge in [0.05, 0.1) is 5.88 Å². The molecule has 0 spiro atoms. The Bertz CT molecular complexity index is 314. The summed E-state index contributed by atoms with van der Waals surface area (Å²) in [6, 6.07) is 0. The maximum Gasteiger partial charge on any atom is 0.149 e. The second-order valence-corrected chi connectivity index (χ2v) is 4.08. The molecule has 0 aliphatic carbocycles. The molecule has 102 valence electrons. The number of nitrogens with zero attached hydrogens (tertiary/aromatic N) is 2. The van der Waals surface area contributed by atoms with Crippen LogP contribution in [0.2, 0.25) is 0 Å². The Kier molecular flexibility index (Phi) is 13.9. The van der Waals surface area contributed by atoms with Crippen LogP contribution in [0.4, 0.5) is 0 Å². The van der Waals surface area contributed by atoms with E-state index >= 15 is 0 Å².